The molecule has 6 heteroatoms. The Hall–Kier alpha value is -0.650. The van der Waals surface area contributed by atoms with E-state index in [1.807, 2.05) is 0 Å². The fourth-order valence-electron chi connectivity index (χ4n) is 2.29. The van der Waals surface area contributed by atoms with Crippen molar-refractivity contribution >= 4 is 34.4 Å². The van der Waals surface area contributed by atoms with E-state index in [9.17, 15) is 4.79 Å². The van der Waals surface area contributed by atoms with Gasteiger partial charge in [-0.1, -0.05) is 29.9 Å². The van der Waals surface area contributed by atoms with Crippen LogP contribution in [0.3, 0.4) is 0 Å². The number of hydrogen-bond acceptors (Lipinski definition) is 5. The van der Waals surface area contributed by atoms with Crippen LogP contribution in [0.1, 0.15) is 16.6 Å². The molecule has 4 nitrogen and oxygen atoms in total. The van der Waals surface area contributed by atoms with E-state index in [0.29, 0.717) is 22.0 Å². The van der Waals surface area contributed by atoms with Gasteiger partial charge in [0.15, 0.2) is 16.6 Å². The summed E-state index contributed by atoms with van der Waals surface area (Å²) in [6.07, 6.45) is 0.770. The molecule has 0 spiro atoms. The van der Waals surface area contributed by atoms with Gasteiger partial charge in [0.25, 0.3) is 0 Å². The van der Waals surface area contributed by atoms with E-state index in [0.717, 1.165) is 24.5 Å². The van der Waals surface area contributed by atoms with E-state index in [-0.39, 0.29) is 0 Å². The van der Waals surface area contributed by atoms with Crippen molar-refractivity contribution < 1.29 is 4.79 Å². The van der Waals surface area contributed by atoms with Gasteiger partial charge in [0.1, 0.15) is 4.88 Å². The molecule has 0 aromatic carbocycles. The number of halogens is 1. The molecule has 2 unspecified atom stereocenters. The van der Waals surface area contributed by atoms with Gasteiger partial charge in [-0.3, -0.25) is 4.79 Å². The van der Waals surface area contributed by atoms with Gasteiger partial charge in [-0.25, -0.2) is 4.98 Å². The lowest BCUT2D eigenvalue weighted by atomic mass is 10.1. The van der Waals surface area contributed by atoms with Gasteiger partial charge in [0.05, 0.1) is 0 Å². The number of nitrogens with zero attached hydrogens (tertiary/aromatic N) is 3. The first-order valence-corrected chi connectivity index (χ1v) is 6.75. The quantitative estimate of drug-likeness (QED) is 0.790. The van der Waals surface area contributed by atoms with Crippen LogP contribution in [0.25, 0.3) is 0 Å². The van der Waals surface area contributed by atoms with Crippen molar-refractivity contribution in [3.05, 3.63) is 10.0 Å². The average Bonchev–Trinajstić information content (AvgIpc) is 2.81. The summed E-state index contributed by atoms with van der Waals surface area (Å²) < 4.78 is 0. The van der Waals surface area contributed by atoms with Crippen LogP contribution in [0.4, 0.5) is 5.13 Å². The molecule has 17 heavy (non-hydrogen) atoms. The van der Waals surface area contributed by atoms with Crippen LogP contribution >= 0.6 is 22.9 Å². The lowest BCUT2D eigenvalue weighted by Crippen LogP contribution is -2.34. The van der Waals surface area contributed by atoms with E-state index >= 15 is 0 Å². The normalized spacial score (nSPS) is 24.6. The molecule has 1 saturated heterocycles. The first-order chi connectivity index (χ1) is 8.02. The minimum Gasteiger partial charge on any atom is -0.346 e. The fourth-order valence-corrected chi connectivity index (χ4v) is 3.37. The Morgan fingerprint density at radius 2 is 2.24 bits per heavy atom. The second kappa shape index (κ2) is 4.92. The maximum Gasteiger partial charge on any atom is 0.187 e. The molecule has 1 fully saturated rings. The molecule has 2 heterocycles. The summed E-state index contributed by atoms with van der Waals surface area (Å²) in [6, 6.07) is 0.525. The summed E-state index contributed by atoms with van der Waals surface area (Å²) in [5.41, 5.74) is 0. The van der Waals surface area contributed by atoms with Crippen LogP contribution in [0.15, 0.2) is 0 Å². The lowest BCUT2D eigenvalue weighted by Gasteiger charge is -2.22. The summed E-state index contributed by atoms with van der Waals surface area (Å²) in [6.45, 7) is 4.14. The molecule has 94 valence electrons. The maximum absolute atomic E-state index is 10.8. The SMILES string of the molecule is CC1CN(c2nc(Cl)c(C=O)s2)CC1N(C)C. The predicted octanol–water partition coefficient (Wildman–Crippen LogP) is 2.00. The highest BCUT2D eigenvalue weighted by Gasteiger charge is 2.32. The highest BCUT2D eigenvalue weighted by atomic mass is 35.5. The standard InChI is InChI=1S/C11H16ClN3OS/c1-7-4-15(5-8(7)14(2)3)11-13-10(12)9(6-16)17-11/h6-8H,4-5H2,1-3H3. The van der Waals surface area contributed by atoms with Gasteiger partial charge in [0.2, 0.25) is 0 Å². The number of likely N-dealkylation sites (N-methyl/N-ethyl adjacent to an activating group) is 1. The van der Waals surface area contributed by atoms with Crippen LogP contribution < -0.4 is 4.90 Å². The van der Waals surface area contributed by atoms with Crippen molar-refractivity contribution in [1.82, 2.24) is 9.88 Å². The van der Waals surface area contributed by atoms with Crippen LogP contribution in [0.5, 0.6) is 0 Å². The molecule has 0 radical (unpaired) electrons. The van der Waals surface area contributed by atoms with Gasteiger partial charge in [-0.05, 0) is 20.0 Å². The second-order valence-electron chi connectivity index (χ2n) is 4.68. The van der Waals surface area contributed by atoms with Crippen molar-refractivity contribution in [2.75, 3.05) is 32.1 Å². The number of carbonyl (C=O) groups is 1. The summed E-state index contributed by atoms with van der Waals surface area (Å²) in [5, 5.41) is 1.18. The fraction of sp³-hybridized carbons (Fsp3) is 0.636. The highest BCUT2D eigenvalue weighted by molar-refractivity contribution is 7.17. The third kappa shape index (κ3) is 2.46. The molecule has 1 aromatic heterocycles. The Morgan fingerprint density at radius 1 is 1.53 bits per heavy atom. The summed E-state index contributed by atoms with van der Waals surface area (Å²) in [7, 11) is 4.19. The maximum atomic E-state index is 10.8. The summed E-state index contributed by atoms with van der Waals surface area (Å²) >= 11 is 7.26. The van der Waals surface area contributed by atoms with Crippen LogP contribution in [0, 0.1) is 5.92 Å². The number of aromatic nitrogens is 1. The first-order valence-electron chi connectivity index (χ1n) is 5.55. The summed E-state index contributed by atoms with van der Waals surface area (Å²) in [4.78, 5) is 20.0. The summed E-state index contributed by atoms with van der Waals surface area (Å²) in [5.74, 6) is 0.590. The Kier molecular flexibility index (Phi) is 3.70. The Balaban J connectivity index is 2.16. The molecular weight excluding hydrogens is 258 g/mol. The van der Waals surface area contributed by atoms with Gasteiger partial charge < -0.3 is 9.80 Å². The number of carbonyl (C=O) groups excluding carboxylic acids is 1. The molecule has 1 aliphatic heterocycles. The van der Waals surface area contributed by atoms with E-state index in [1.54, 1.807) is 0 Å². The van der Waals surface area contributed by atoms with Crippen LogP contribution in [0.2, 0.25) is 5.15 Å². The molecule has 0 amide bonds. The minimum absolute atomic E-state index is 0.320. The molecule has 0 N–H and O–H groups in total. The van der Waals surface area contributed by atoms with Crippen molar-refractivity contribution in [2.45, 2.75) is 13.0 Å². The van der Waals surface area contributed by atoms with Crippen molar-refractivity contribution in [3.8, 4) is 0 Å². The molecule has 0 aliphatic carbocycles. The molecule has 2 rings (SSSR count). The monoisotopic (exact) mass is 273 g/mol. The van der Waals surface area contributed by atoms with Crippen LogP contribution in [-0.2, 0) is 0 Å². The zero-order valence-electron chi connectivity index (χ0n) is 10.2. The molecule has 1 aromatic rings. The molecule has 0 saturated carbocycles. The first kappa shape index (κ1) is 12.8. The zero-order chi connectivity index (χ0) is 12.6. The number of anilines is 1. The third-order valence-electron chi connectivity index (χ3n) is 3.21. The van der Waals surface area contributed by atoms with E-state index < -0.39 is 0 Å². The lowest BCUT2D eigenvalue weighted by molar-refractivity contribution is 0.112. The van der Waals surface area contributed by atoms with Gasteiger partial charge in [0, 0.05) is 19.1 Å². The number of hydrogen-bond donors (Lipinski definition) is 0. The Bertz CT molecular complexity index is 421. The largest absolute Gasteiger partial charge is 0.346 e. The van der Waals surface area contributed by atoms with Gasteiger partial charge in [-0.2, -0.15) is 0 Å². The highest BCUT2D eigenvalue weighted by Crippen LogP contribution is 2.32. The average molecular weight is 274 g/mol. The van der Waals surface area contributed by atoms with Gasteiger partial charge in [-0.15, -0.1) is 0 Å². The molecular formula is C11H16ClN3OS. The van der Waals surface area contributed by atoms with Crippen molar-refractivity contribution in [1.29, 1.82) is 0 Å². The number of aldehydes is 1. The zero-order valence-corrected chi connectivity index (χ0v) is 11.8. The van der Waals surface area contributed by atoms with E-state index in [4.69, 9.17) is 11.6 Å². The van der Waals surface area contributed by atoms with Crippen molar-refractivity contribution in [3.63, 3.8) is 0 Å². The number of rotatable bonds is 3. The van der Waals surface area contributed by atoms with E-state index in [1.165, 1.54) is 11.3 Å². The molecule has 0 bridgehead atoms. The van der Waals surface area contributed by atoms with Gasteiger partial charge >= 0.3 is 0 Å². The van der Waals surface area contributed by atoms with Crippen molar-refractivity contribution in [2.24, 2.45) is 5.92 Å². The molecule has 1 aliphatic rings. The molecule has 2 atom stereocenters. The third-order valence-corrected chi connectivity index (χ3v) is 4.65. The van der Waals surface area contributed by atoms with Crippen LogP contribution in [-0.4, -0.2) is 49.4 Å². The predicted molar refractivity (Wildman–Crippen MR) is 71.4 cm³/mol. The smallest absolute Gasteiger partial charge is 0.187 e. The number of thiazole rings is 1. The van der Waals surface area contributed by atoms with E-state index in [2.05, 4.69) is 35.8 Å². The second-order valence-corrected chi connectivity index (χ2v) is 6.05. The topological polar surface area (TPSA) is 36.4 Å². The minimum atomic E-state index is 0.320. The Morgan fingerprint density at radius 3 is 2.71 bits per heavy atom. The Labute approximate surface area is 110 Å².